The van der Waals surface area contributed by atoms with Crippen molar-refractivity contribution >= 4 is 11.3 Å². The Morgan fingerprint density at radius 1 is 1.19 bits per heavy atom. The maximum Gasteiger partial charge on any atom is 0.0958 e. The molecule has 0 aliphatic heterocycles. The van der Waals surface area contributed by atoms with Crippen molar-refractivity contribution in [3.63, 3.8) is 0 Å². The van der Waals surface area contributed by atoms with E-state index in [-0.39, 0.29) is 5.54 Å². The number of methoxy groups -OCH3 is 1. The Bertz CT molecular complexity index is 558. The van der Waals surface area contributed by atoms with E-state index in [1.54, 1.807) is 18.4 Å². The summed E-state index contributed by atoms with van der Waals surface area (Å²) in [4.78, 5) is 6.11. The van der Waals surface area contributed by atoms with Gasteiger partial charge in [-0.05, 0) is 20.8 Å². The van der Waals surface area contributed by atoms with Gasteiger partial charge in [0, 0.05) is 36.1 Å². The number of hydrogen-bond acceptors (Lipinski definition) is 4. The fraction of sp³-hybridized carbons (Fsp3) is 0.471. The Balaban J connectivity index is 2.25. The van der Waals surface area contributed by atoms with Crippen molar-refractivity contribution < 1.29 is 4.74 Å². The maximum absolute atomic E-state index is 5.17. The summed E-state index contributed by atoms with van der Waals surface area (Å²) in [5, 5.41) is 4.70. The molecule has 0 atom stereocenters. The predicted octanol–water partition coefficient (Wildman–Crippen LogP) is 3.89. The van der Waals surface area contributed by atoms with Crippen LogP contribution in [0.3, 0.4) is 0 Å². The van der Waals surface area contributed by atoms with Crippen molar-refractivity contribution in [3.05, 3.63) is 40.2 Å². The Morgan fingerprint density at radius 2 is 1.90 bits per heavy atom. The third-order valence-electron chi connectivity index (χ3n) is 3.09. The van der Waals surface area contributed by atoms with Crippen molar-refractivity contribution in [1.82, 2.24) is 10.3 Å². The number of nitrogens with one attached hydrogen (secondary N) is 1. The van der Waals surface area contributed by atoms with Gasteiger partial charge >= 0.3 is 0 Å². The molecule has 114 valence electrons. The fourth-order valence-corrected chi connectivity index (χ4v) is 2.99. The van der Waals surface area contributed by atoms with E-state index in [1.807, 2.05) is 6.07 Å². The fourth-order valence-electron chi connectivity index (χ4n) is 1.98. The normalized spacial score (nSPS) is 11.8. The SMILES string of the molecule is COCCc1nc(-c2ccccc2)c(CNC(C)(C)C)s1. The molecule has 0 amide bonds. The molecule has 0 saturated carbocycles. The lowest BCUT2D eigenvalue weighted by Crippen LogP contribution is -2.34. The molecule has 2 rings (SSSR count). The first-order valence-electron chi connectivity index (χ1n) is 7.27. The Morgan fingerprint density at radius 3 is 2.52 bits per heavy atom. The van der Waals surface area contributed by atoms with Crippen LogP contribution in [-0.2, 0) is 17.7 Å². The third kappa shape index (κ3) is 4.92. The van der Waals surface area contributed by atoms with Crippen molar-refractivity contribution in [2.75, 3.05) is 13.7 Å². The lowest BCUT2D eigenvalue weighted by atomic mass is 10.1. The topological polar surface area (TPSA) is 34.1 Å². The van der Waals surface area contributed by atoms with E-state index in [1.165, 1.54) is 10.4 Å². The Labute approximate surface area is 131 Å². The average Bonchev–Trinajstić information content (AvgIpc) is 2.86. The van der Waals surface area contributed by atoms with Crippen LogP contribution in [-0.4, -0.2) is 24.2 Å². The lowest BCUT2D eigenvalue weighted by molar-refractivity contribution is 0.202. The summed E-state index contributed by atoms with van der Waals surface area (Å²) in [6.07, 6.45) is 0.872. The van der Waals surface area contributed by atoms with Crippen molar-refractivity contribution in [2.45, 2.75) is 39.3 Å². The van der Waals surface area contributed by atoms with E-state index in [4.69, 9.17) is 9.72 Å². The molecule has 0 unspecified atom stereocenters. The van der Waals surface area contributed by atoms with Gasteiger partial charge in [-0.25, -0.2) is 4.98 Å². The first-order chi connectivity index (χ1) is 9.99. The summed E-state index contributed by atoms with van der Waals surface area (Å²) < 4.78 is 5.17. The van der Waals surface area contributed by atoms with Crippen LogP contribution in [0.25, 0.3) is 11.3 Å². The summed E-state index contributed by atoms with van der Waals surface area (Å²) >= 11 is 1.78. The molecule has 0 aliphatic rings. The van der Waals surface area contributed by atoms with Gasteiger partial charge in [0.25, 0.3) is 0 Å². The minimum atomic E-state index is 0.102. The zero-order valence-electron chi connectivity index (χ0n) is 13.3. The molecule has 2 aromatic rings. The quantitative estimate of drug-likeness (QED) is 0.879. The van der Waals surface area contributed by atoms with Gasteiger partial charge in [0.05, 0.1) is 17.3 Å². The molecule has 0 spiro atoms. The monoisotopic (exact) mass is 304 g/mol. The first kappa shape index (κ1) is 16.1. The van der Waals surface area contributed by atoms with Gasteiger partial charge in [0.15, 0.2) is 0 Å². The van der Waals surface area contributed by atoms with E-state index in [0.717, 1.165) is 23.7 Å². The third-order valence-corrected chi connectivity index (χ3v) is 4.20. The highest BCUT2D eigenvalue weighted by Gasteiger charge is 2.15. The molecular formula is C17H24N2OS. The molecular weight excluding hydrogens is 280 g/mol. The maximum atomic E-state index is 5.17. The molecule has 0 saturated heterocycles. The largest absolute Gasteiger partial charge is 0.384 e. The zero-order chi connectivity index (χ0) is 15.3. The van der Waals surface area contributed by atoms with E-state index in [0.29, 0.717) is 6.61 Å². The van der Waals surface area contributed by atoms with Gasteiger partial charge < -0.3 is 10.1 Å². The van der Waals surface area contributed by atoms with Crippen LogP contribution >= 0.6 is 11.3 Å². The molecule has 0 radical (unpaired) electrons. The van der Waals surface area contributed by atoms with Crippen LogP contribution in [0.5, 0.6) is 0 Å². The van der Waals surface area contributed by atoms with Gasteiger partial charge in [-0.1, -0.05) is 30.3 Å². The highest BCUT2D eigenvalue weighted by atomic mass is 32.1. The molecule has 21 heavy (non-hydrogen) atoms. The van der Waals surface area contributed by atoms with E-state index in [9.17, 15) is 0 Å². The lowest BCUT2D eigenvalue weighted by Gasteiger charge is -2.20. The average molecular weight is 304 g/mol. The molecule has 0 aliphatic carbocycles. The predicted molar refractivity (Wildman–Crippen MR) is 89.7 cm³/mol. The number of aromatic nitrogens is 1. The van der Waals surface area contributed by atoms with Gasteiger partial charge in [0.2, 0.25) is 0 Å². The second-order valence-corrected chi connectivity index (χ2v) is 7.26. The second kappa shape index (κ2) is 7.16. The van der Waals surface area contributed by atoms with E-state index in [2.05, 4.69) is 50.4 Å². The van der Waals surface area contributed by atoms with Crippen LogP contribution in [0.15, 0.2) is 30.3 Å². The van der Waals surface area contributed by atoms with E-state index < -0.39 is 0 Å². The van der Waals surface area contributed by atoms with Gasteiger partial charge in [-0.3, -0.25) is 0 Å². The van der Waals surface area contributed by atoms with Crippen LogP contribution in [0.4, 0.5) is 0 Å². The number of rotatable bonds is 6. The molecule has 0 fully saturated rings. The Kier molecular flexibility index (Phi) is 5.51. The number of nitrogens with zero attached hydrogens (tertiary/aromatic N) is 1. The summed E-state index contributed by atoms with van der Waals surface area (Å²) in [5.41, 5.74) is 2.39. The minimum Gasteiger partial charge on any atom is -0.384 e. The highest BCUT2D eigenvalue weighted by Crippen LogP contribution is 2.29. The van der Waals surface area contributed by atoms with Crippen molar-refractivity contribution in [1.29, 1.82) is 0 Å². The van der Waals surface area contributed by atoms with Crippen LogP contribution in [0, 0.1) is 0 Å². The molecule has 3 nitrogen and oxygen atoms in total. The van der Waals surface area contributed by atoms with E-state index >= 15 is 0 Å². The van der Waals surface area contributed by atoms with Gasteiger partial charge in [-0.15, -0.1) is 11.3 Å². The Hall–Kier alpha value is -1.23. The minimum absolute atomic E-state index is 0.102. The first-order valence-corrected chi connectivity index (χ1v) is 8.09. The molecule has 1 aromatic carbocycles. The van der Waals surface area contributed by atoms with Crippen molar-refractivity contribution in [2.24, 2.45) is 0 Å². The van der Waals surface area contributed by atoms with Gasteiger partial charge in [-0.2, -0.15) is 0 Å². The van der Waals surface area contributed by atoms with Crippen molar-refractivity contribution in [3.8, 4) is 11.3 Å². The van der Waals surface area contributed by atoms with Gasteiger partial charge in [0.1, 0.15) is 0 Å². The number of ether oxygens (including phenoxy) is 1. The number of benzene rings is 1. The number of thiazole rings is 1. The molecule has 1 aromatic heterocycles. The smallest absolute Gasteiger partial charge is 0.0958 e. The summed E-state index contributed by atoms with van der Waals surface area (Å²) in [5.74, 6) is 0. The summed E-state index contributed by atoms with van der Waals surface area (Å²) in [7, 11) is 1.73. The van der Waals surface area contributed by atoms with Crippen LogP contribution in [0.2, 0.25) is 0 Å². The summed E-state index contributed by atoms with van der Waals surface area (Å²) in [6, 6.07) is 10.4. The van der Waals surface area contributed by atoms with Crippen LogP contribution < -0.4 is 5.32 Å². The summed E-state index contributed by atoms with van der Waals surface area (Å²) in [6.45, 7) is 8.11. The number of hydrogen-bond donors (Lipinski definition) is 1. The zero-order valence-corrected chi connectivity index (χ0v) is 14.1. The molecule has 4 heteroatoms. The highest BCUT2D eigenvalue weighted by molar-refractivity contribution is 7.12. The standard InChI is InChI=1S/C17H24N2OS/c1-17(2,3)18-12-14-16(13-8-6-5-7-9-13)19-15(21-14)10-11-20-4/h5-9,18H,10-12H2,1-4H3. The molecule has 1 heterocycles. The van der Waals surface area contributed by atoms with Crippen LogP contribution in [0.1, 0.15) is 30.7 Å². The molecule has 0 bridgehead atoms. The molecule has 1 N–H and O–H groups in total. The second-order valence-electron chi connectivity index (χ2n) is 6.09.